The molecule has 0 N–H and O–H groups in total. The largest absolute Gasteiger partial charge is 0.357 e. The minimum Gasteiger partial charge on any atom is -0.357 e. The van der Waals surface area contributed by atoms with Crippen LogP contribution in [0.3, 0.4) is 0 Å². The summed E-state index contributed by atoms with van der Waals surface area (Å²) in [7, 11) is 0. The molecule has 0 spiro atoms. The maximum absolute atomic E-state index is 4.53. The second-order valence-corrected chi connectivity index (χ2v) is 3.93. The number of hydrogen-bond acceptors (Lipinski definition) is 1. The van der Waals surface area contributed by atoms with E-state index in [-0.39, 0.29) is 0 Å². The van der Waals surface area contributed by atoms with E-state index in [0.29, 0.717) is 0 Å². The van der Waals surface area contributed by atoms with Gasteiger partial charge in [0.1, 0.15) is 5.82 Å². The first-order chi connectivity index (χ1) is 6.88. The molecule has 0 bridgehead atoms. The van der Waals surface area contributed by atoms with Gasteiger partial charge in [-0.25, -0.2) is 0 Å². The van der Waals surface area contributed by atoms with Gasteiger partial charge in [0, 0.05) is 19.6 Å². The highest BCUT2D eigenvalue weighted by atomic mass is 15.2. The van der Waals surface area contributed by atoms with Gasteiger partial charge in [-0.3, -0.25) is 5.32 Å². The van der Waals surface area contributed by atoms with E-state index < -0.39 is 0 Å². The molecule has 0 aromatic rings. The van der Waals surface area contributed by atoms with Crippen LogP contribution in [0.1, 0.15) is 46.0 Å². The summed E-state index contributed by atoms with van der Waals surface area (Å²) < 4.78 is 0. The van der Waals surface area contributed by atoms with Crippen molar-refractivity contribution in [3.05, 3.63) is 11.9 Å². The fraction of sp³-hybridized carbons (Fsp3) is 0.833. The molecule has 0 amide bonds. The minimum atomic E-state index is 1.00. The Morgan fingerprint density at radius 2 is 1.86 bits per heavy atom. The molecule has 14 heavy (non-hydrogen) atoms. The van der Waals surface area contributed by atoms with Crippen molar-refractivity contribution in [3.8, 4) is 0 Å². The van der Waals surface area contributed by atoms with Crippen LogP contribution in [0.25, 0.3) is 0 Å². The molecule has 1 rings (SSSR count). The summed E-state index contributed by atoms with van der Waals surface area (Å²) in [4.78, 5) is 2.46. The molecular weight excluding hydrogens is 172 g/mol. The molecule has 2 heteroatoms. The lowest BCUT2D eigenvalue weighted by molar-refractivity contribution is 0.313. The number of nitrogens with zero attached hydrogens (tertiary/aromatic N) is 2. The summed E-state index contributed by atoms with van der Waals surface area (Å²) in [5, 5.41) is 4.53. The first-order valence-electron chi connectivity index (χ1n) is 6.01. The Kier molecular flexibility index (Phi) is 5.50. The molecule has 1 heterocycles. The molecule has 0 saturated heterocycles. The van der Waals surface area contributed by atoms with E-state index in [4.69, 9.17) is 0 Å². The second-order valence-electron chi connectivity index (χ2n) is 3.93. The van der Waals surface area contributed by atoms with Crippen molar-refractivity contribution in [1.29, 1.82) is 0 Å². The zero-order valence-corrected chi connectivity index (χ0v) is 9.63. The average Bonchev–Trinajstić information content (AvgIpc) is 2.71. The monoisotopic (exact) mass is 195 g/mol. The quantitative estimate of drug-likeness (QED) is 0.610. The summed E-state index contributed by atoms with van der Waals surface area (Å²) in [6, 6.07) is 0. The molecule has 0 aliphatic carbocycles. The van der Waals surface area contributed by atoms with Crippen molar-refractivity contribution in [2.75, 3.05) is 19.6 Å². The van der Waals surface area contributed by atoms with Crippen molar-refractivity contribution in [1.82, 2.24) is 10.2 Å². The summed E-state index contributed by atoms with van der Waals surface area (Å²) in [5.74, 6) is 1.26. The third-order valence-electron chi connectivity index (χ3n) is 2.62. The van der Waals surface area contributed by atoms with Gasteiger partial charge in [-0.15, -0.1) is 0 Å². The lowest BCUT2D eigenvalue weighted by atomic mass is 10.2. The van der Waals surface area contributed by atoms with Gasteiger partial charge >= 0.3 is 0 Å². The van der Waals surface area contributed by atoms with Crippen LogP contribution in [0.5, 0.6) is 0 Å². The first-order valence-corrected chi connectivity index (χ1v) is 6.01. The molecule has 1 aliphatic heterocycles. The molecule has 1 aliphatic rings. The Labute approximate surface area is 88.4 Å². The topological polar surface area (TPSA) is 17.3 Å². The van der Waals surface area contributed by atoms with Gasteiger partial charge in [0.05, 0.1) is 0 Å². The highest BCUT2D eigenvalue weighted by molar-refractivity contribution is 5.04. The first kappa shape index (κ1) is 11.4. The molecule has 1 radical (unpaired) electrons. The Balaban J connectivity index is 2.34. The van der Waals surface area contributed by atoms with Crippen molar-refractivity contribution < 1.29 is 0 Å². The van der Waals surface area contributed by atoms with E-state index in [1.807, 2.05) is 0 Å². The molecule has 0 aromatic carbocycles. The predicted octanol–water partition coefficient (Wildman–Crippen LogP) is 2.74. The zero-order valence-electron chi connectivity index (χ0n) is 9.63. The summed E-state index contributed by atoms with van der Waals surface area (Å²) >= 11 is 0. The van der Waals surface area contributed by atoms with Crippen LogP contribution in [-0.4, -0.2) is 24.5 Å². The van der Waals surface area contributed by atoms with Crippen LogP contribution in [0, 0.1) is 0 Å². The molecule has 81 valence electrons. The van der Waals surface area contributed by atoms with Gasteiger partial charge in [0.15, 0.2) is 0 Å². The molecule has 0 saturated carbocycles. The van der Waals surface area contributed by atoms with Crippen molar-refractivity contribution in [2.45, 2.75) is 46.0 Å². The molecule has 0 fully saturated rings. The standard InChI is InChI=1S/C12H23N2/c1-3-5-10-14(11-6-4-2)12-8-7-9-13-12/h8H,3-7,9-11H2,1-2H3. The highest BCUT2D eigenvalue weighted by Crippen LogP contribution is 2.12. The summed E-state index contributed by atoms with van der Waals surface area (Å²) in [6.45, 7) is 7.87. The average molecular weight is 195 g/mol. The van der Waals surface area contributed by atoms with E-state index in [2.05, 4.69) is 30.1 Å². The third kappa shape index (κ3) is 3.60. The third-order valence-corrected chi connectivity index (χ3v) is 2.62. The van der Waals surface area contributed by atoms with Crippen molar-refractivity contribution >= 4 is 0 Å². The number of unbranched alkanes of at least 4 members (excludes halogenated alkanes) is 2. The van der Waals surface area contributed by atoms with E-state index >= 15 is 0 Å². The molecule has 0 atom stereocenters. The zero-order chi connectivity index (χ0) is 10.2. The number of rotatable bonds is 7. The van der Waals surface area contributed by atoms with Gasteiger partial charge in [-0.2, -0.15) is 0 Å². The lowest BCUT2D eigenvalue weighted by Gasteiger charge is -2.24. The van der Waals surface area contributed by atoms with Gasteiger partial charge in [-0.1, -0.05) is 26.7 Å². The van der Waals surface area contributed by atoms with Crippen LogP contribution in [-0.2, 0) is 0 Å². The number of hydrogen-bond donors (Lipinski definition) is 0. The van der Waals surface area contributed by atoms with Crippen LogP contribution in [0.4, 0.5) is 0 Å². The highest BCUT2D eigenvalue weighted by Gasteiger charge is 2.12. The van der Waals surface area contributed by atoms with Crippen LogP contribution >= 0.6 is 0 Å². The summed E-state index contributed by atoms with van der Waals surface area (Å²) in [6.07, 6.45) is 8.55. The van der Waals surface area contributed by atoms with Crippen LogP contribution in [0.2, 0.25) is 0 Å². The molecular formula is C12H23N2. The maximum atomic E-state index is 4.53. The SMILES string of the molecule is CCCCN(CCCC)C1=CCC[N]1. The Morgan fingerprint density at radius 3 is 2.29 bits per heavy atom. The Morgan fingerprint density at radius 1 is 1.21 bits per heavy atom. The van der Waals surface area contributed by atoms with Crippen molar-refractivity contribution in [2.24, 2.45) is 0 Å². The van der Waals surface area contributed by atoms with E-state index in [1.54, 1.807) is 0 Å². The predicted molar refractivity (Wildman–Crippen MR) is 61.1 cm³/mol. The fourth-order valence-corrected chi connectivity index (χ4v) is 1.71. The van der Waals surface area contributed by atoms with E-state index in [0.717, 1.165) is 13.0 Å². The van der Waals surface area contributed by atoms with Gasteiger partial charge < -0.3 is 4.90 Å². The van der Waals surface area contributed by atoms with E-state index in [9.17, 15) is 0 Å². The van der Waals surface area contributed by atoms with Crippen molar-refractivity contribution in [3.63, 3.8) is 0 Å². The van der Waals surface area contributed by atoms with Gasteiger partial charge in [-0.05, 0) is 25.3 Å². The Hall–Kier alpha value is -0.660. The fourth-order valence-electron chi connectivity index (χ4n) is 1.71. The maximum Gasteiger partial charge on any atom is 0.119 e. The van der Waals surface area contributed by atoms with Crippen LogP contribution in [0.15, 0.2) is 11.9 Å². The summed E-state index contributed by atoms with van der Waals surface area (Å²) in [5.41, 5.74) is 0. The van der Waals surface area contributed by atoms with Gasteiger partial charge in [0.2, 0.25) is 0 Å². The van der Waals surface area contributed by atoms with Gasteiger partial charge in [0.25, 0.3) is 0 Å². The molecule has 0 aromatic heterocycles. The normalized spacial score (nSPS) is 15.1. The second kappa shape index (κ2) is 6.74. The lowest BCUT2D eigenvalue weighted by Crippen LogP contribution is -2.28. The minimum absolute atomic E-state index is 1.00. The van der Waals surface area contributed by atoms with Crippen LogP contribution < -0.4 is 5.32 Å². The Bertz CT molecular complexity index is 167. The van der Waals surface area contributed by atoms with E-state index in [1.165, 1.54) is 44.6 Å². The molecule has 2 nitrogen and oxygen atoms in total. The smallest absolute Gasteiger partial charge is 0.119 e. The molecule has 0 unspecified atom stereocenters.